The van der Waals surface area contributed by atoms with E-state index in [9.17, 15) is 4.79 Å². The monoisotopic (exact) mass is 182 g/mol. The van der Waals surface area contributed by atoms with Gasteiger partial charge in [-0.15, -0.1) is 0 Å². The van der Waals surface area contributed by atoms with Crippen molar-refractivity contribution in [3.8, 4) is 0 Å². The van der Waals surface area contributed by atoms with Gasteiger partial charge in [-0.2, -0.15) is 5.10 Å². The molecule has 0 aromatic carbocycles. The number of nitrogens with one attached hydrogen (secondary N) is 2. The number of nitrogens with two attached hydrogens (primary N) is 1. The third kappa shape index (κ3) is 3.35. The second-order valence-electron chi connectivity index (χ2n) is 2.93. The summed E-state index contributed by atoms with van der Waals surface area (Å²) in [6, 6.07) is 3.40. The van der Waals surface area contributed by atoms with Crippen molar-refractivity contribution in [3.63, 3.8) is 0 Å². The zero-order valence-corrected chi connectivity index (χ0v) is 7.58. The van der Waals surface area contributed by atoms with Gasteiger partial charge in [-0.05, 0) is 13.0 Å². The Kier molecular flexibility index (Phi) is 3.60. The van der Waals surface area contributed by atoms with Crippen LogP contribution in [0.25, 0.3) is 0 Å². The summed E-state index contributed by atoms with van der Waals surface area (Å²) in [4.78, 5) is 10.7. The van der Waals surface area contributed by atoms with Gasteiger partial charge in [0.25, 0.3) is 5.56 Å². The fraction of sp³-hybridized carbons (Fsp3) is 0.500. The van der Waals surface area contributed by atoms with E-state index in [1.165, 1.54) is 6.07 Å². The molecule has 0 saturated heterocycles. The highest BCUT2D eigenvalue weighted by Gasteiger charge is 1.98. The summed E-state index contributed by atoms with van der Waals surface area (Å²) in [5.41, 5.74) is 6.04. The van der Waals surface area contributed by atoms with Crippen molar-refractivity contribution in [1.82, 2.24) is 15.5 Å². The molecule has 13 heavy (non-hydrogen) atoms. The van der Waals surface area contributed by atoms with Gasteiger partial charge in [0.15, 0.2) is 0 Å². The predicted molar refractivity (Wildman–Crippen MR) is 50.2 cm³/mol. The highest BCUT2D eigenvalue weighted by molar-refractivity contribution is 4.98. The second-order valence-corrected chi connectivity index (χ2v) is 2.93. The molecule has 1 rings (SSSR count). The van der Waals surface area contributed by atoms with Crippen LogP contribution in [0.5, 0.6) is 0 Å². The van der Waals surface area contributed by atoms with E-state index < -0.39 is 0 Å². The molecule has 0 fully saturated rings. The summed E-state index contributed by atoms with van der Waals surface area (Å²) in [5.74, 6) is 0. The van der Waals surface area contributed by atoms with E-state index in [-0.39, 0.29) is 11.6 Å². The smallest absolute Gasteiger partial charge is 0.264 e. The zero-order chi connectivity index (χ0) is 9.68. The zero-order valence-electron chi connectivity index (χ0n) is 7.58. The predicted octanol–water partition coefficient (Wildman–Crippen LogP) is -0.793. The van der Waals surface area contributed by atoms with Gasteiger partial charge in [-0.3, -0.25) is 4.79 Å². The Balaban J connectivity index is 2.46. The Bertz CT molecular complexity index is 289. The molecular weight excluding hydrogens is 168 g/mol. The highest BCUT2D eigenvalue weighted by atomic mass is 16.1. The van der Waals surface area contributed by atoms with Gasteiger partial charge < -0.3 is 11.1 Å². The van der Waals surface area contributed by atoms with Gasteiger partial charge in [0.1, 0.15) is 0 Å². The SMILES string of the molecule is CC(CN)NCc1ccc(=O)[nH]n1. The van der Waals surface area contributed by atoms with Crippen LogP contribution >= 0.6 is 0 Å². The maximum absolute atomic E-state index is 10.7. The number of nitrogens with zero attached hydrogens (tertiary/aromatic N) is 1. The Morgan fingerprint density at radius 2 is 2.46 bits per heavy atom. The lowest BCUT2D eigenvalue weighted by atomic mass is 10.3. The van der Waals surface area contributed by atoms with Crippen molar-refractivity contribution in [1.29, 1.82) is 0 Å². The average molecular weight is 182 g/mol. The molecule has 5 heteroatoms. The van der Waals surface area contributed by atoms with Crippen molar-refractivity contribution in [2.75, 3.05) is 6.54 Å². The van der Waals surface area contributed by atoms with Crippen LogP contribution < -0.4 is 16.6 Å². The number of rotatable bonds is 4. The van der Waals surface area contributed by atoms with Crippen molar-refractivity contribution >= 4 is 0 Å². The lowest BCUT2D eigenvalue weighted by Crippen LogP contribution is -2.33. The van der Waals surface area contributed by atoms with Gasteiger partial charge in [0, 0.05) is 25.2 Å². The number of aromatic nitrogens is 2. The summed E-state index contributed by atoms with van der Waals surface area (Å²) in [6.07, 6.45) is 0. The topological polar surface area (TPSA) is 83.8 Å². The van der Waals surface area contributed by atoms with Crippen molar-refractivity contribution < 1.29 is 0 Å². The molecule has 0 aliphatic heterocycles. The summed E-state index contributed by atoms with van der Waals surface area (Å²) in [7, 11) is 0. The fourth-order valence-corrected chi connectivity index (χ4v) is 0.834. The molecule has 0 aliphatic carbocycles. The lowest BCUT2D eigenvalue weighted by molar-refractivity contribution is 0.547. The lowest BCUT2D eigenvalue weighted by Gasteiger charge is -2.09. The second kappa shape index (κ2) is 4.74. The first-order chi connectivity index (χ1) is 6.22. The highest BCUT2D eigenvalue weighted by Crippen LogP contribution is 1.88. The van der Waals surface area contributed by atoms with Crippen LogP contribution in [0.1, 0.15) is 12.6 Å². The largest absolute Gasteiger partial charge is 0.329 e. The molecule has 1 aromatic rings. The number of aromatic amines is 1. The van der Waals surface area contributed by atoms with E-state index in [0.29, 0.717) is 13.1 Å². The molecule has 0 radical (unpaired) electrons. The maximum atomic E-state index is 10.7. The molecule has 1 heterocycles. The first kappa shape index (κ1) is 9.88. The van der Waals surface area contributed by atoms with E-state index >= 15 is 0 Å². The molecule has 0 saturated carbocycles. The van der Waals surface area contributed by atoms with Crippen LogP contribution in [0.4, 0.5) is 0 Å². The molecule has 0 aliphatic rings. The number of H-pyrrole nitrogens is 1. The first-order valence-electron chi connectivity index (χ1n) is 4.20. The normalized spacial score (nSPS) is 12.8. The van der Waals surface area contributed by atoms with Gasteiger partial charge >= 0.3 is 0 Å². The molecule has 1 unspecified atom stereocenters. The average Bonchev–Trinajstić information content (AvgIpc) is 2.16. The van der Waals surface area contributed by atoms with Gasteiger partial charge in [0.05, 0.1) is 5.69 Å². The number of hydrogen-bond acceptors (Lipinski definition) is 4. The van der Waals surface area contributed by atoms with Crippen molar-refractivity contribution in [2.24, 2.45) is 5.73 Å². The van der Waals surface area contributed by atoms with E-state index in [1.807, 2.05) is 6.92 Å². The standard InChI is InChI=1S/C8H14N4O/c1-6(4-9)10-5-7-2-3-8(13)12-11-7/h2-3,6,10H,4-5,9H2,1H3,(H,12,13). The van der Waals surface area contributed by atoms with E-state index in [4.69, 9.17) is 5.73 Å². The molecule has 0 spiro atoms. The number of hydrogen-bond donors (Lipinski definition) is 3. The van der Waals surface area contributed by atoms with Crippen LogP contribution in [0.2, 0.25) is 0 Å². The summed E-state index contributed by atoms with van der Waals surface area (Å²) < 4.78 is 0. The summed E-state index contributed by atoms with van der Waals surface area (Å²) in [6.45, 7) is 3.20. The Morgan fingerprint density at radius 3 is 3.00 bits per heavy atom. The van der Waals surface area contributed by atoms with Crippen LogP contribution in [0.15, 0.2) is 16.9 Å². The van der Waals surface area contributed by atoms with Crippen molar-refractivity contribution in [2.45, 2.75) is 19.5 Å². The first-order valence-corrected chi connectivity index (χ1v) is 4.20. The molecule has 0 amide bonds. The molecule has 0 bridgehead atoms. The van der Waals surface area contributed by atoms with Gasteiger partial charge in [-0.1, -0.05) is 0 Å². The van der Waals surface area contributed by atoms with E-state index in [2.05, 4.69) is 15.5 Å². The van der Waals surface area contributed by atoms with Crippen LogP contribution in [0, 0.1) is 0 Å². The maximum Gasteiger partial charge on any atom is 0.264 e. The fourth-order valence-electron chi connectivity index (χ4n) is 0.834. The molecule has 1 atom stereocenters. The third-order valence-electron chi connectivity index (χ3n) is 1.72. The Morgan fingerprint density at radius 1 is 1.69 bits per heavy atom. The van der Waals surface area contributed by atoms with Crippen LogP contribution in [0.3, 0.4) is 0 Å². The van der Waals surface area contributed by atoms with Gasteiger partial charge in [-0.25, -0.2) is 5.10 Å². The minimum atomic E-state index is -0.185. The molecular formula is C8H14N4O. The Labute approximate surface area is 76.4 Å². The summed E-state index contributed by atoms with van der Waals surface area (Å²) in [5, 5.41) is 9.37. The minimum absolute atomic E-state index is 0.185. The Hall–Kier alpha value is -1.20. The van der Waals surface area contributed by atoms with E-state index in [0.717, 1.165) is 5.69 Å². The van der Waals surface area contributed by atoms with Crippen molar-refractivity contribution in [3.05, 3.63) is 28.2 Å². The molecule has 1 aromatic heterocycles. The third-order valence-corrected chi connectivity index (χ3v) is 1.72. The molecule has 5 nitrogen and oxygen atoms in total. The quantitative estimate of drug-likeness (QED) is 0.569. The van der Waals surface area contributed by atoms with Crippen LogP contribution in [-0.4, -0.2) is 22.8 Å². The van der Waals surface area contributed by atoms with E-state index in [1.54, 1.807) is 6.07 Å². The van der Waals surface area contributed by atoms with Crippen LogP contribution in [-0.2, 0) is 6.54 Å². The summed E-state index contributed by atoms with van der Waals surface area (Å²) >= 11 is 0. The molecule has 4 N–H and O–H groups in total. The van der Waals surface area contributed by atoms with Gasteiger partial charge in [0.2, 0.25) is 0 Å². The minimum Gasteiger partial charge on any atom is -0.329 e. The molecule has 72 valence electrons.